The fraction of sp³-hybridized carbons (Fsp3) is 0.211. The molecule has 0 bridgehead atoms. The quantitative estimate of drug-likeness (QED) is 0.396. The van der Waals surface area contributed by atoms with Gasteiger partial charge in [-0.3, -0.25) is 4.99 Å². The van der Waals surface area contributed by atoms with Gasteiger partial charge in [0.25, 0.3) is 0 Å². The Balaban J connectivity index is 1.52. The van der Waals surface area contributed by atoms with Crippen LogP contribution in [0.25, 0.3) is 10.9 Å². The number of anilines is 1. The van der Waals surface area contributed by atoms with Gasteiger partial charge in [0.2, 0.25) is 0 Å². The lowest BCUT2D eigenvalue weighted by atomic mass is 10.2. The lowest BCUT2D eigenvalue weighted by Gasteiger charge is -2.08. The van der Waals surface area contributed by atoms with Crippen LogP contribution in [-0.4, -0.2) is 24.2 Å². The molecule has 0 aliphatic rings. The Hall–Kier alpha value is -2.66. The highest BCUT2D eigenvalue weighted by atomic mass is 35.5. The molecule has 0 saturated carbocycles. The Labute approximate surface area is 152 Å². The van der Waals surface area contributed by atoms with E-state index in [-0.39, 0.29) is 0 Å². The largest absolute Gasteiger partial charge is 0.495 e. The van der Waals surface area contributed by atoms with Gasteiger partial charge in [-0.2, -0.15) is 0 Å². The third-order valence-electron chi connectivity index (χ3n) is 3.94. The number of fused-ring (bicyclic) bond motifs is 1. The van der Waals surface area contributed by atoms with Gasteiger partial charge >= 0.3 is 0 Å². The second kappa shape index (κ2) is 7.94. The van der Waals surface area contributed by atoms with Crippen LogP contribution in [0.5, 0.6) is 5.75 Å². The Morgan fingerprint density at radius 3 is 2.88 bits per heavy atom. The van der Waals surface area contributed by atoms with E-state index in [1.165, 1.54) is 10.9 Å². The first kappa shape index (κ1) is 17.2. The van der Waals surface area contributed by atoms with E-state index in [2.05, 4.69) is 51.4 Å². The fourth-order valence-electron chi connectivity index (χ4n) is 2.71. The van der Waals surface area contributed by atoms with Gasteiger partial charge in [0, 0.05) is 30.5 Å². The molecule has 0 aliphatic carbocycles. The van der Waals surface area contributed by atoms with E-state index in [0.29, 0.717) is 23.3 Å². The van der Waals surface area contributed by atoms with E-state index in [4.69, 9.17) is 22.1 Å². The predicted octanol–water partition coefficient (Wildman–Crippen LogP) is 4.12. The van der Waals surface area contributed by atoms with Gasteiger partial charge in [-0.25, -0.2) is 0 Å². The van der Waals surface area contributed by atoms with Crippen LogP contribution in [0.15, 0.2) is 59.7 Å². The van der Waals surface area contributed by atoms with Crippen LogP contribution >= 0.6 is 11.6 Å². The number of aryl methyl sites for hydroxylation is 1. The van der Waals surface area contributed by atoms with Crippen LogP contribution in [-0.2, 0) is 6.54 Å². The summed E-state index contributed by atoms with van der Waals surface area (Å²) in [5.74, 6) is 1.00. The minimum atomic E-state index is 0.374. The SMILES string of the molecule is COc1ccc(NC(N)=NCCCn2ccc3ccccc32)cc1Cl. The fourth-order valence-corrected chi connectivity index (χ4v) is 2.97. The first-order chi connectivity index (χ1) is 12.2. The van der Waals surface area contributed by atoms with Crippen molar-refractivity contribution in [3.05, 3.63) is 59.8 Å². The highest BCUT2D eigenvalue weighted by Crippen LogP contribution is 2.27. The zero-order chi connectivity index (χ0) is 17.6. The number of aliphatic imine (C=N–C) groups is 1. The lowest BCUT2D eigenvalue weighted by molar-refractivity contribution is 0.415. The second-order valence-electron chi connectivity index (χ2n) is 5.66. The number of guanidine groups is 1. The van der Waals surface area contributed by atoms with Crippen LogP contribution in [0.4, 0.5) is 5.69 Å². The third kappa shape index (κ3) is 4.25. The molecule has 3 aromatic rings. The number of para-hydroxylation sites is 1. The molecule has 0 unspecified atom stereocenters. The summed E-state index contributed by atoms with van der Waals surface area (Å²) in [6.07, 6.45) is 3.01. The minimum absolute atomic E-state index is 0.374. The Kier molecular flexibility index (Phi) is 5.46. The van der Waals surface area contributed by atoms with Crippen LogP contribution in [0, 0.1) is 0 Å². The number of rotatable bonds is 6. The number of nitrogens with zero attached hydrogens (tertiary/aromatic N) is 2. The van der Waals surface area contributed by atoms with Crippen molar-refractivity contribution in [2.45, 2.75) is 13.0 Å². The number of benzene rings is 2. The molecule has 3 rings (SSSR count). The van der Waals surface area contributed by atoms with Crippen molar-refractivity contribution >= 4 is 34.2 Å². The van der Waals surface area contributed by atoms with Crippen molar-refractivity contribution in [3.8, 4) is 5.75 Å². The number of ether oxygens (including phenoxy) is 1. The third-order valence-corrected chi connectivity index (χ3v) is 4.24. The monoisotopic (exact) mass is 356 g/mol. The van der Waals surface area contributed by atoms with Crippen LogP contribution < -0.4 is 15.8 Å². The van der Waals surface area contributed by atoms with Crippen molar-refractivity contribution < 1.29 is 4.74 Å². The van der Waals surface area contributed by atoms with Gasteiger partial charge in [0.1, 0.15) is 5.75 Å². The molecule has 0 fully saturated rings. The molecule has 0 atom stereocenters. The molecule has 130 valence electrons. The maximum absolute atomic E-state index is 6.10. The van der Waals surface area contributed by atoms with Gasteiger partial charge < -0.3 is 20.4 Å². The van der Waals surface area contributed by atoms with E-state index >= 15 is 0 Å². The number of halogens is 1. The zero-order valence-electron chi connectivity index (χ0n) is 14.1. The number of methoxy groups -OCH3 is 1. The first-order valence-corrected chi connectivity index (χ1v) is 8.49. The van der Waals surface area contributed by atoms with E-state index in [0.717, 1.165) is 18.7 Å². The van der Waals surface area contributed by atoms with Crippen LogP contribution in [0.1, 0.15) is 6.42 Å². The van der Waals surface area contributed by atoms with Crippen LogP contribution in [0.3, 0.4) is 0 Å². The Morgan fingerprint density at radius 2 is 2.08 bits per heavy atom. The van der Waals surface area contributed by atoms with Crippen LogP contribution in [0.2, 0.25) is 5.02 Å². The summed E-state index contributed by atoms with van der Waals surface area (Å²) in [5.41, 5.74) is 7.96. The van der Waals surface area contributed by atoms with Gasteiger partial charge in [0.15, 0.2) is 5.96 Å². The number of nitrogens with one attached hydrogen (secondary N) is 1. The Morgan fingerprint density at radius 1 is 1.24 bits per heavy atom. The van der Waals surface area contributed by atoms with Crippen molar-refractivity contribution in [1.82, 2.24) is 4.57 Å². The topological polar surface area (TPSA) is 64.6 Å². The highest BCUT2D eigenvalue weighted by molar-refractivity contribution is 6.32. The van der Waals surface area contributed by atoms with Gasteiger partial charge in [0.05, 0.1) is 12.1 Å². The molecule has 2 aromatic carbocycles. The molecule has 5 nitrogen and oxygen atoms in total. The molecule has 0 amide bonds. The smallest absolute Gasteiger partial charge is 0.193 e. The molecule has 0 aliphatic heterocycles. The number of hydrogen-bond acceptors (Lipinski definition) is 2. The molecule has 0 spiro atoms. The van der Waals surface area contributed by atoms with Crippen molar-refractivity contribution in [3.63, 3.8) is 0 Å². The summed E-state index contributed by atoms with van der Waals surface area (Å²) in [6.45, 7) is 1.55. The predicted molar refractivity (Wildman–Crippen MR) is 105 cm³/mol. The average Bonchev–Trinajstić information content (AvgIpc) is 3.02. The number of hydrogen-bond donors (Lipinski definition) is 2. The molecule has 3 N–H and O–H groups in total. The lowest BCUT2D eigenvalue weighted by Crippen LogP contribution is -2.23. The molecule has 25 heavy (non-hydrogen) atoms. The summed E-state index contributed by atoms with van der Waals surface area (Å²) >= 11 is 6.10. The summed E-state index contributed by atoms with van der Waals surface area (Å²) in [4.78, 5) is 4.37. The molecule has 0 saturated heterocycles. The Bertz CT molecular complexity index is 888. The summed E-state index contributed by atoms with van der Waals surface area (Å²) in [7, 11) is 1.58. The first-order valence-electron chi connectivity index (χ1n) is 8.12. The molecular formula is C19H21ClN4O. The minimum Gasteiger partial charge on any atom is -0.495 e. The maximum atomic E-state index is 6.10. The van der Waals surface area contributed by atoms with Gasteiger partial charge in [-0.15, -0.1) is 0 Å². The van der Waals surface area contributed by atoms with Gasteiger partial charge in [-0.05, 0) is 42.1 Å². The summed E-state index contributed by atoms with van der Waals surface area (Å²) in [6, 6.07) is 15.9. The van der Waals surface area contributed by atoms with Gasteiger partial charge in [-0.1, -0.05) is 29.8 Å². The van der Waals surface area contributed by atoms with E-state index in [1.807, 2.05) is 6.07 Å². The van der Waals surface area contributed by atoms with E-state index in [1.54, 1.807) is 19.2 Å². The number of nitrogens with two attached hydrogens (primary N) is 1. The maximum Gasteiger partial charge on any atom is 0.193 e. The standard InChI is InChI=1S/C19H21ClN4O/c1-25-18-8-7-15(13-16(18)20)23-19(21)22-10-4-11-24-12-9-14-5-2-3-6-17(14)24/h2-3,5-9,12-13H,4,10-11H2,1H3,(H3,21,22,23). The summed E-state index contributed by atoms with van der Waals surface area (Å²) in [5, 5.41) is 4.82. The molecular weight excluding hydrogens is 336 g/mol. The summed E-state index contributed by atoms with van der Waals surface area (Å²) < 4.78 is 7.36. The van der Waals surface area contributed by atoms with Crippen molar-refractivity contribution in [2.75, 3.05) is 19.0 Å². The van der Waals surface area contributed by atoms with E-state index < -0.39 is 0 Å². The highest BCUT2D eigenvalue weighted by Gasteiger charge is 2.03. The number of aromatic nitrogens is 1. The van der Waals surface area contributed by atoms with Crippen molar-refractivity contribution in [1.29, 1.82) is 0 Å². The average molecular weight is 357 g/mol. The van der Waals surface area contributed by atoms with Crippen molar-refractivity contribution in [2.24, 2.45) is 10.7 Å². The zero-order valence-corrected chi connectivity index (χ0v) is 14.8. The molecule has 6 heteroatoms. The molecule has 0 radical (unpaired) electrons. The van der Waals surface area contributed by atoms with E-state index in [9.17, 15) is 0 Å². The second-order valence-corrected chi connectivity index (χ2v) is 6.07. The molecule has 1 heterocycles. The normalized spacial score (nSPS) is 11.7. The molecule has 1 aromatic heterocycles.